The zero-order valence-electron chi connectivity index (χ0n) is 23.6. The third-order valence-electron chi connectivity index (χ3n) is 7.09. The summed E-state index contributed by atoms with van der Waals surface area (Å²) in [5.41, 5.74) is 5.24. The van der Waals surface area contributed by atoms with Crippen molar-refractivity contribution in [1.82, 2.24) is 9.13 Å². The lowest BCUT2D eigenvalue weighted by atomic mass is 9.95. The fourth-order valence-corrected chi connectivity index (χ4v) is 6.79. The quantitative estimate of drug-likeness (QED) is 0.267. The molecule has 0 amide bonds. The van der Waals surface area contributed by atoms with Crippen molar-refractivity contribution in [3.05, 3.63) is 106 Å². The minimum Gasteiger partial charge on any atom is -0.493 e. The van der Waals surface area contributed by atoms with Crippen LogP contribution in [-0.2, 0) is 9.53 Å². The zero-order valence-corrected chi connectivity index (χ0v) is 26.1. The first kappa shape index (κ1) is 28.6. The number of hydrogen-bond donors (Lipinski definition) is 0. The van der Waals surface area contributed by atoms with E-state index >= 15 is 0 Å². The van der Waals surface area contributed by atoms with Gasteiger partial charge in [0.2, 0.25) is 0 Å². The number of benzene rings is 2. The number of hydrogen-bond acceptors (Lipinski definition) is 7. The second-order valence-corrected chi connectivity index (χ2v) is 11.4. The molecule has 212 valence electrons. The number of rotatable bonds is 7. The molecular weight excluding hydrogens is 606 g/mol. The van der Waals surface area contributed by atoms with E-state index in [1.54, 1.807) is 44.8 Å². The van der Waals surface area contributed by atoms with Crippen LogP contribution in [-0.4, -0.2) is 35.9 Å². The highest BCUT2D eigenvalue weighted by atomic mass is 79.9. The smallest absolute Gasteiger partial charge is 0.338 e. The molecule has 0 aliphatic carbocycles. The number of nitrogens with zero attached hydrogens (tertiary/aromatic N) is 3. The second-order valence-electron chi connectivity index (χ2n) is 9.53. The number of para-hydroxylation sites is 1. The van der Waals surface area contributed by atoms with Gasteiger partial charge in [-0.25, -0.2) is 9.79 Å². The molecule has 0 bridgehead atoms. The first-order valence-corrected chi connectivity index (χ1v) is 14.7. The number of halogens is 1. The van der Waals surface area contributed by atoms with Crippen LogP contribution >= 0.6 is 27.3 Å². The van der Waals surface area contributed by atoms with Crippen molar-refractivity contribution in [3.8, 4) is 17.2 Å². The third-order valence-corrected chi connectivity index (χ3v) is 8.76. The largest absolute Gasteiger partial charge is 0.493 e. The first-order valence-electron chi connectivity index (χ1n) is 13.1. The summed E-state index contributed by atoms with van der Waals surface area (Å²) in [6, 6.07) is 14.9. The van der Waals surface area contributed by atoms with Crippen molar-refractivity contribution < 1.29 is 19.0 Å². The lowest BCUT2D eigenvalue weighted by molar-refractivity contribution is -0.139. The third kappa shape index (κ3) is 5.06. The molecule has 0 saturated carbocycles. The van der Waals surface area contributed by atoms with Crippen LogP contribution in [0.5, 0.6) is 11.5 Å². The van der Waals surface area contributed by atoms with E-state index in [2.05, 4.69) is 38.7 Å². The predicted molar refractivity (Wildman–Crippen MR) is 163 cm³/mol. The van der Waals surface area contributed by atoms with E-state index in [1.807, 2.05) is 38.1 Å². The Morgan fingerprint density at radius 2 is 1.76 bits per heavy atom. The molecule has 1 aliphatic rings. The predicted octanol–water partition coefficient (Wildman–Crippen LogP) is 4.99. The Labute approximate surface area is 250 Å². The minimum absolute atomic E-state index is 0.191. The van der Waals surface area contributed by atoms with Crippen LogP contribution in [0.4, 0.5) is 0 Å². The molecule has 0 fully saturated rings. The average Bonchev–Trinajstić information content (AvgIpc) is 3.41. The van der Waals surface area contributed by atoms with Gasteiger partial charge < -0.3 is 18.8 Å². The molecule has 1 aliphatic heterocycles. The monoisotopic (exact) mass is 635 g/mol. The van der Waals surface area contributed by atoms with Gasteiger partial charge in [-0.1, -0.05) is 45.5 Å². The molecule has 2 aromatic heterocycles. The van der Waals surface area contributed by atoms with Crippen LogP contribution < -0.4 is 24.4 Å². The summed E-state index contributed by atoms with van der Waals surface area (Å²) in [5.74, 6) is 0.461. The molecule has 41 heavy (non-hydrogen) atoms. The van der Waals surface area contributed by atoms with Crippen molar-refractivity contribution in [1.29, 1.82) is 0 Å². The summed E-state index contributed by atoms with van der Waals surface area (Å²) in [4.78, 5) is 32.6. The van der Waals surface area contributed by atoms with Gasteiger partial charge in [-0.15, -0.1) is 0 Å². The highest BCUT2D eigenvalue weighted by Gasteiger charge is 2.35. The highest BCUT2D eigenvalue weighted by molar-refractivity contribution is 9.10. The number of ether oxygens (including phenoxy) is 3. The Morgan fingerprint density at radius 3 is 2.41 bits per heavy atom. The van der Waals surface area contributed by atoms with Crippen molar-refractivity contribution in [2.24, 2.45) is 4.99 Å². The van der Waals surface area contributed by atoms with Crippen molar-refractivity contribution in [2.75, 3.05) is 20.8 Å². The van der Waals surface area contributed by atoms with Crippen molar-refractivity contribution in [3.63, 3.8) is 0 Å². The molecular formula is C31H30BrN3O5S. The fraction of sp³-hybridized carbons (Fsp3) is 0.258. The number of aromatic nitrogens is 2. The summed E-state index contributed by atoms with van der Waals surface area (Å²) >= 11 is 4.93. The number of thiazole rings is 1. The van der Waals surface area contributed by atoms with Gasteiger partial charge in [0.05, 0.1) is 42.7 Å². The van der Waals surface area contributed by atoms with E-state index in [1.165, 1.54) is 11.3 Å². The van der Waals surface area contributed by atoms with Crippen LogP contribution in [0.25, 0.3) is 11.8 Å². The maximum absolute atomic E-state index is 14.1. The van der Waals surface area contributed by atoms with Gasteiger partial charge in [-0.2, -0.15) is 0 Å². The van der Waals surface area contributed by atoms with Crippen molar-refractivity contribution >= 4 is 39.3 Å². The van der Waals surface area contributed by atoms with E-state index < -0.39 is 12.0 Å². The van der Waals surface area contributed by atoms with Crippen LogP contribution in [0.1, 0.15) is 42.4 Å². The summed E-state index contributed by atoms with van der Waals surface area (Å²) in [6.45, 7) is 7.78. The molecule has 1 atom stereocenters. The summed E-state index contributed by atoms with van der Waals surface area (Å²) in [5, 5.41) is 0. The Bertz CT molecular complexity index is 1870. The standard InChI is InChI=1S/C31H30BrN3O5S/c1-7-40-30(37)27-18(3)33-31-35(28(27)22-15-24(38-5)25(39-6)16-23(22)32)29(36)26(41-31)14-20-13-17(2)34(19(20)4)21-11-9-8-10-12-21/h8-16,28H,7H2,1-6H3/b26-14-/t28-/m0/s1. The maximum Gasteiger partial charge on any atom is 0.338 e. The van der Waals surface area contributed by atoms with E-state index in [0.29, 0.717) is 42.1 Å². The molecule has 8 nitrogen and oxygen atoms in total. The van der Waals surface area contributed by atoms with Crippen LogP contribution in [0.15, 0.2) is 74.1 Å². The maximum atomic E-state index is 14.1. The van der Waals surface area contributed by atoms with Gasteiger partial charge in [0.25, 0.3) is 5.56 Å². The topological polar surface area (TPSA) is 84.1 Å². The number of methoxy groups -OCH3 is 2. The molecule has 3 heterocycles. The highest BCUT2D eigenvalue weighted by Crippen LogP contribution is 2.40. The minimum atomic E-state index is -0.793. The Balaban J connectivity index is 1.74. The molecule has 10 heteroatoms. The number of fused-ring (bicyclic) bond motifs is 1. The van der Waals surface area contributed by atoms with Crippen molar-refractivity contribution in [2.45, 2.75) is 33.7 Å². The molecule has 0 saturated heterocycles. The summed E-state index contributed by atoms with van der Waals surface area (Å²) in [7, 11) is 3.09. The van der Waals surface area contributed by atoms with Gasteiger partial charge >= 0.3 is 5.97 Å². The molecule has 2 aromatic carbocycles. The zero-order chi connectivity index (χ0) is 29.4. The number of allylic oxidation sites excluding steroid dienone is 1. The van der Waals surface area contributed by atoms with Crippen LogP contribution in [0.3, 0.4) is 0 Å². The van der Waals surface area contributed by atoms with E-state index in [9.17, 15) is 9.59 Å². The van der Waals surface area contributed by atoms with Gasteiger partial charge in [0.1, 0.15) is 0 Å². The lowest BCUT2D eigenvalue weighted by Gasteiger charge is -2.26. The molecule has 4 aromatic rings. The Hall–Kier alpha value is -3.89. The van der Waals surface area contributed by atoms with E-state index in [0.717, 1.165) is 22.6 Å². The van der Waals surface area contributed by atoms with E-state index in [-0.39, 0.29) is 12.2 Å². The first-order chi connectivity index (χ1) is 19.7. The van der Waals surface area contributed by atoms with Crippen LogP contribution in [0.2, 0.25) is 0 Å². The molecule has 0 spiro atoms. The Morgan fingerprint density at radius 1 is 1.07 bits per heavy atom. The fourth-order valence-electron chi connectivity index (χ4n) is 5.21. The molecule has 0 unspecified atom stereocenters. The summed E-state index contributed by atoms with van der Waals surface area (Å²) < 4.78 is 21.3. The lowest BCUT2D eigenvalue weighted by Crippen LogP contribution is -2.40. The SMILES string of the molecule is CCOC(=O)C1=C(C)N=c2s/c(=C\c3cc(C)n(-c4ccccc4)c3C)c(=O)n2[C@H]1c1cc(OC)c(OC)cc1Br. The second kappa shape index (κ2) is 11.5. The summed E-state index contributed by atoms with van der Waals surface area (Å²) in [6.07, 6.45) is 1.90. The average molecular weight is 637 g/mol. The van der Waals surface area contributed by atoms with Gasteiger partial charge in [0.15, 0.2) is 16.3 Å². The van der Waals surface area contributed by atoms with Crippen LogP contribution in [0, 0.1) is 13.8 Å². The molecule has 5 rings (SSSR count). The van der Waals surface area contributed by atoms with Gasteiger partial charge in [-0.05, 0) is 75.2 Å². The van der Waals surface area contributed by atoms with Gasteiger partial charge in [-0.3, -0.25) is 9.36 Å². The number of aryl methyl sites for hydroxylation is 1. The Kier molecular flexibility index (Phi) is 8.06. The number of esters is 1. The normalized spacial score (nSPS) is 15.0. The molecule has 0 N–H and O–H groups in total. The number of carbonyl (C=O) groups is 1. The molecule has 0 radical (unpaired) electrons. The number of carbonyl (C=O) groups excluding carboxylic acids is 1. The van der Waals surface area contributed by atoms with Gasteiger partial charge in [0, 0.05) is 21.5 Å². The van der Waals surface area contributed by atoms with E-state index in [4.69, 9.17) is 19.2 Å².